The van der Waals surface area contributed by atoms with Crippen molar-refractivity contribution >= 4 is 0 Å². The molecule has 0 atom stereocenters. The molecule has 2 aromatic carbocycles. The molecule has 2 aromatic rings. The van der Waals surface area contributed by atoms with E-state index in [4.69, 9.17) is 9.47 Å². The number of ether oxygens (including phenoxy) is 2. The minimum Gasteiger partial charge on any atom is -0.497 e. The molecule has 2 rings (SSSR count). The summed E-state index contributed by atoms with van der Waals surface area (Å²) in [6, 6.07) is 15.8. The highest BCUT2D eigenvalue weighted by Gasteiger charge is 1.98. The Morgan fingerprint density at radius 1 is 0.667 bits per heavy atom. The molecule has 0 unspecified atom stereocenters. The largest absolute Gasteiger partial charge is 0.497 e. The van der Waals surface area contributed by atoms with Crippen LogP contribution in [0.5, 0.6) is 11.5 Å². The van der Waals surface area contributed by atoms with Crippen molar-refractivity contribution in [3.05, 3.63) is 59.7 Å². The fraction of sp³-hybridized carbons (Fsp3) is 0.250. The molecule has 0 saturated carbocycles. The lowest BCUT2D eigenvalue weighted by molar-refractivity contribution is 0.408. The molecule has 2 nitrogen and oxygen atoms in total. The molecule has 0 aliphatic heterocycles. The van der Waals surface area contributed by atoms with E-state index in [1.54, 1.807) is 14.2 Å². The van der Waals surface area contributed by atoms with Gasteiger partial charge in [0.2, 0.25) is 0 Å². The van der Waals surface area contributed by atoms with Gasteiger partial charge >= 0.3 is 0 Å². The maximum atomic E-state index is 5.18. The Balaban J connectivity index is 0.000000184. The summed E-state index contributed by atoms with van der Waals surface area (Å²) < 4.78 is 10.1. The Hall–Kier alpha value is -1.96. The lowest BCUT2D eigenvalue weighted by Crippen LogP contribution is -1.89. The molecule has 2 heteroatoms. The fourth-order valence-electron chi connectivity index (χ4n) is 1.68. The van der Waals surface area contributed by atoms with Gasteiger partial charge in [-0.2, -0.15) is 0 Å². The van der Waals surface area contributed by atoms with E-state index in [0.29, 0.717) is 0 Å². The Bertz CT molecular complexity index is 444. The van der Waals surface area contributed by atoms with Gasteiger partial charge in [-0.15, -0.1) is 0 Å². The van der Waals surface area contributed by atoms with Crippen LogP contribution in [0, 0.1) is 13.8 Å². The first-order valence-electron chi connectivity index (χ1n) is 5.88. The van der Waals surface area contributed by atoms with Crippen molar-refractivity contribution in [2.75, 3.05) is 14.2 Å². The average Bonchev–Trinajstić information content (AvgIpc) is 2.41. The summed E-state index contributed by atoms with van der Waals surface area (Å²) in [5.74, 6) is 1.91. The van der Waals surface area contributed by atoms with Gasteiger partial charge in [-0.25, -0.2) is 0 Å². The van der Waals surface area contributed by atoms with Crippen LogP contribution < -0.4 is 9.47 Å². The minimum absolute atomic E-state index is 0.910. The van der Waals surface area contributed by atoms with E-state index in [1.165, 1.54) is 11.1 Å². The molecule has 0 aliphatic rings. The van der Waals surface area contributed by atoms with Crippen molar-refractivity contribution < 1.29 is 9.47 Å². The van der Waals surface area contributed by atoms with Crippen LogP contribution in [0.25, 0.3) is 0 Å². The number of methoxy groups -OCH3 is 2. The van der Waals surface area contributed by atoms with Gasteiger partial charge in [0.1, 0.15) is 11.5 Å². The molecule has 18 heavy (non-hydrogen) atoms. The summed E-state index contributed by atoms with van der Waals surface area (Å²) in [6.07, 6.45) is 0. The summed E-state index contributed by atoms with van der Waals surface area (Å²) in [5.41, 5.74) is 2.39. The molecule has 0 saturated heterocycles. The third-order valence-electron chi connectivity index (χ3n) is 2.59. The second-order valence-corrected chi connectivity index (χ2v) is 3.94. The van der Waals surface area contributed by atoms with E-state index in [0.717, 1.165) is 11.5 Å². The van der Waals surface area contributed by atoms with Crippen molar-refractivity contribution in [2.45, 2.75) is 13.8 Å². The van der Waals surface area contributed by atoms with Crippen molar-refractivity contribution in [3.8, 4) is 11.5 Å². The van der Waals surface area contributed by atoms with Gasteiger partial charge < -0.3 is 9.47 Å². The fourth-order valence-corrected chi connectivity index (χ4v) is 1.68. The smallest absolute Gasteiger partial charge is 0.124 e. The zero-order valence-electron chi connectivity index (χ0n) is 11.4. The van der Waals surface area contributed by atoms with Crippen LogP contribution in [-0.2, 0) is 0 Å². The van der Waals surface area contributed by atoms with E-state index in [9.17, 15) is 0 Å². The van der Waals surface area contributed by atoms with Crippen LogP contribution in [-0.4, -0.2) is 14.2 Å². The second kappa shape index (κ2) is 7.38. The molecule has 0 bridgehead atoms. The van der Waals surface area contributed by atoms with Gasteiger partial charge in [0, 0.05) is 0 Å². The van der Waals surface area contributed by atoms with Crippen molar-refractivity contribution in [2.24, 2.45) is 0 Å². The third kappa shape index (κ3) is 4.13. The predicted octanol–water partition coefficient (Wildman–Crippen LogP) is 4.01. The minimum atomic E-state index is 0.910. The van der Waals surface area contributed by atoms with Crippen LogP contribution >= 0.6 is 0 Å². The normalized spacial score (nSPS) is 9.11. The highest BCUT2D eigenvalue weighted by molar-refractivity contribution is 5.39. The van der Waals surface area contributed by atoms with Gasteiger partial charge in [0.15, 0.2) is 0 Å². The zero-order valence-corrected chi connectivity index (χ0v) is 11.4. The molecular formula is C16H20O2. The third-order valence-corrected chi connectivity index (χ3v) is 2.59. The standard InChI is InChI=1S/C9H12O.C7H8O/c1-7-5-4-6-8(2)9(7)10-3;1-8-7-5-3-2-4-6-7/h4-6H,1-3H3;2-6H,1H3. The second-order valence-electron chi connectivity index (χ2n) is 3.94. The molecule has 0 aliphatic carbocycles. The van der Waals surface area contributed by atoms with E-state index in [2.05, 4.69) is 0 Å². The lowest BCUT2D eigenvalue weighted by Gasteiger charge is -2.06. The Labute approximate surface area is 109 Å². The van der Waals surface area contributed by atoms with Crippen LogP contribution in [0.2, 0.25) is 0 Å². The van der Waals surface area contributed by atoms with E-state index in [1.807, 2.05) is 62.4 Å². The summed E-state index contributed by atoms with van der Waals surface area (Å²) in [4.78, 5) is 0. The van der Waals surface area contributed by atoms with Gasteiger partial charge in [-0.3, -0.25) is 0 Å². The van der Waals surface area contributed by atoms with Crippen LogP contribution in [0.15, 0.2) is 48.5 Å². The Kier molecular flexibility index (Phi) is 5.78. The van der Waals surface area contributed by atoms with Crippen molar-refractivity contribution in [1.82, 2.24) is 0 Å². The van der Waals surface area contributed by atoms with Crippen LogP contribution in [0.3, 0.4) is 0 Å². The first kappa shape index (κ1) is 14.1. The number of aryl methyl sites for hydroxylation is 2. The predicted molar refractivity (Wildman–Crippen MR) is 75.5 cm³/mol. The topological polar surface area (TPSA) is 18.5 Å². The Morgan fingerprint density at radius 3 is 1.56 bits per heavy atom. The van der Waals surface area contributed by atoms with Gasteiger partial charge in [-0.1, -0.05) is 36.4 Å². The van der Waals surface area contributed by atoms with E-state index >= 15 is 0 Å². The maximum absolute atomic E-state index is 5.18. The summed E-state index contributed by atoms with van der Waals surface area (Å²) >= 11 is 0. The van der Waals surface area contributed by atoms with Crippen LogP contribution in [0.4, 0.5) is 0 Å². The van der Waals surface area contributed by atoms with Gasteiger partial charge in [0.25, 0.3) is 0 Å². The van der Waals surface area contributed by atoms with Crippen molar-refractivity contribution in [1.29, 1.82) is 0 Å². The molecular weight excluding hydrogens is 224 g/mol. The highest BCUT2D eigenvalue weighted by atomic mass is 16.5. The average molecular weight is 244 g/mol. The number of hydrogen-bond donors (Lipinski definition) is 0. The van der Waals surface area contributed by atoms with Gasteiger partial charge in [-0.05, 0) is 37.1 Å². The van der Waals surface area contributed by atoms with Crippen molar-refractivity contribution in [3.63, 3.8) is 0 Å². The number of benzene rings is 2. The van der Waals surface area contributed by atoms with Gasteiger partial charge in [0.05, 0.1) is 14.2 Å². The maximum Gasteiger partial charge on any atom is 0.124 e. The molecule has 0 heterocycles. The van der Waals surface area contributed by atoms with E-state index < -0.39 is 0 Å². The molecule has 0 N–H and O–H groups in total. The summed E-state index contributed by atoms with van der Waals surface area (Å²) in [6.45, 7) is 4.09. The lowest BCUT2D eigenvalue weighted by atomic mass is 10.1. The first-order chi connectivity index (χ1) is 8.69. The monoisotopic (exact) mass is 244 g/mol. The number of rotatable bonds is 2. The molecule has 0 spiro atoms. The quantitative estimate of drug-likeness (QED) is 0.794. The SMILES string of the molecule is COc1c(C)cccc1C.COc1ccccc1. The summed E-state index contributed by atoms with van der Waals surface area (Å²) in [5, 5.41) is 0. The summed E-state index contributed by atoms with van der Waals surface area (Å²) in [7, 11) is 3.37. The van der Waals surface area contributed by atoms with Crippen LogP contribution in [0.1, 0.15) is 11.1 Å². The number of para-hydroxylation sites is 2. The molecule has 0 radical (unpaired) electrons. The molecule has 0 aromatic heterocycles. The molecule has 96 valence electrons. The van der Waals surface area contributed by atoms with E-state index in [-0.39, 0.29) is 0 Å². The highest BCUT2D eigenvalue weighted by Crippen LogP contribution is 2.20. The molecule has 0 fully saturated rings. The number of hydrogen-bond acceptors (Lipinski definition) is 2. The first-order valence-corrected chi connectivity index (χ1v) is 5.88. The Morgan fingerprint density at radius 2 is 1.22 bits per heavy atom. The zero-order chi connectivity index (χ0) is 13.4. The molecule has 0 amide bonds.